The number of aromatic nitrogens is 1. The molecule has 0 unspecified atom stereocenters. The molecule has 0 aliphatic carbocycles. The number of carboxylic acid groups (broad SMARTS) is 1. The number of carboxylic acids is 1. The number of aromatic carboxylic acids is 1. The van der Waals surface area contributed by atoms with Gasteiger partial charge in [-0.2, -0.15) is 0 Å². The van der Waals surface area contributed by atoms with E-state index in [0.29, 0.717) is 6.54 Å². The van der Waals surface area contributed by atoms with Crippen LogP contribution in [-0.4, -0.2) is 28.1 Å². The van der Waals surface area contributed by atoms with Gasteiger partial charge in [0.25, 0.3) is 0 Å². The molecule has 1 N–H and O–H groups in total. The fraction of sp³-hybridized carbons (Fsp3) is 0.429. The maximum absolute atomic E-state index is 10.9. The molecule has 0 fully saturated rings. The molecule has 1 aromatic rings. The van der Waals surface area contributed by atoms with Crippen molar-refractivity contribution in [1.82, 2.24) is 4.98 Å². The number of rotatable bonds is 4. The molecule has 1 aromatic heterocycles. The van der Waals surface area contributed by atoms with Gasteiger partial charge in [0.2, 0.25) is 0 Å². The third-order valence-electron chi connectivity index (χ3n) is 2.67. The van der Waals surface area contributed by atoms with Crippen LogP contribution in [0.1, 0.15) is 36.7 Å². The fourth-order valence-corrected chi connectivity index (χ4v) is 1.77. The Morgan fingerprint density at radius 2 is 2.17 bits per heavy atom. The Morgan fingerprint density at radius 3 is 2.56 bits per heavy atom. The molecule has 0 bridgehead atoms. The lowest BCUT2D eigenvalue weighted by Crippen LogP contribution is -2.42. The van der Waals surface area contributed by atoms with E-state index in [0.717, 1.165) is 11.4 Å². The smallest absolute Gasteiger partial charge is 0.337 e. The van der Waals surface area contributed by atoms with E-state index in [1.807, 2.05) is 13.0 Å². The average molecular weight is 248 g/mol. The molecule has 18 heavy (non-hydrogen) atoms. The minimum absolute atomic E-state index is 0.101. The maximum atomic E-state index is 10.9. The summed E-state index contributed by atoms with van der Waals surface area (Å²) in [7, 11) is 0. The quantitative estimate of drug-likeness (QED) is 0.832. The molecule has 4 heteroatoms. The molecule has 1 heterocycles. The minimum Gasteiger partial charge on any atom is -0.478 e. The van der Waals surface area contributed by atoms with E-state index in [1.165, 1.54) is 6.20 Å². The van der Waals surface area contributed by atoms with Crippen LogP contribution in [0.4, 0.5) is 5.82 Å². The normalized spacial score (nSPS) is 11.1. The van der Waals surface area contributed by atoms with Gasteiger partial charge in [-0.1, -0.05) is 6.08 Å². The molecule has 0 amide bonds. The molecule has 1 rings (SSSR count). The van der Waals surface area contributed by atoms with E-state index >= 15 is 0 Å². The Kier molecular flexibility index (Phi) is 4.11. The zero-order valence-electron chi connectivity index (χ0n) is 11.4. The van der Waals surface area contributed by atoms with E-state index in [-0.39, 0.29) is 11.1 Å². The van der Waals surface area contributed by atoms with Gasteiger partial charge < -0.3 is 10.0 Å². The monoisotopic (exact) mass is 248 g/mol. The first kappa shape index (κ1) is 14.2. The molecule has 0 saturated carbocycles. The van der Waals surface area contributed by atoms with Crippen LogP contribution in [0.3, 0.4) is 0 Å². The minimum atomic E-state index is -0.955. The zero-order chi connectivity index (χ0) is 13.9. The SMILES string of the molecule is C=CCN(c1ncc(C(=O)O)cc1C)C(C)(C)C. The molecule has 0 spiro atoms. The van der Waals surface area contributed by atoms with Crippen LogP contribution in [0.2, 0.25) is 0 Å². The first-order valence-electron chi connectivity index (χ1n) is 5.86. The van der Waals surface area contributed by atoms with Gasteiger partial charge in [-0.05, 0) is 39.3 Å². The van der Waals surface area contributed by atoms with Crippen LogP contribution in [0.25, 0.3) is 0 Å². The second kappa shape index (κ2) is 5.21. The first-order valence-corrected chi connectivity index (χ1v) is 5.86. The highest BCUT2D eigenvalue weighted by molar-refractivity contribution is 5.87. The van der Waals surface area contributed by atoms with Gasteiger partial charge in [-0.15, -0.1) is 6.58 Å². The van der Waals surface area contributed by atoms with Gasteiger partial charge in [0.15, 0.2) is 0 Å². The second-order valence-electron chi connectivity index (χ2n) is 5.24. The molecule has 0 aliphatic rings. The molecule has 0 aromatic carbocycles. The van der Waals surface area contributed by atoms with Gasteiger partial charge in [-0.25, -0.2) is 9.78 Å². The Hall–Kier alpha value is -1.84. The molecular formula is C14H20N2O2. The summed E-state index contributed by atoms with van der Waals surface area (Å²) in [4.78, 5) is 17.3. The Labute approximate surface area is 108 Å². The van der Waals surface area contributed by atoms with Crippen molar-refractivity contribution in [3.8, 4) is 0 Å². The van der Waals surface area contributed by atoms with Crippen LogP contribution < -0.4 is 4.90 Å². The number of hydrogen-bond donors (Lipinski definition) is 1. The lowest BCUT2D eigenvalue weighted by Gasteiger charge is -2.36. The average Bonchev–Trinajstić information content (AvgIpc) is 2.24. The topological polar surface area (TPSA) is 53.4 Å². The Morgan fingerprint density at radius 1 is 1.56 bits per heavy atom. The highest BCUT2D eigenvalue weighted by atomic mass is 16.4. The molecular weight excluding hydrogens is 228 g/mol. The largest absolute Gasteiger partial charge is 0.478 e. The van der Waals surface area contributed by atoms with Crippen molar-refractivity contribution in [2.45, 2.75) is 33.2 Å². The second-order valence-corrected chi connectivity index (χ2v) is 5.24. The highest BCUT2D eigenvalue weighted by Crippen LogP contribution is 2.25. The number of anilines is 1. The number of carbonyl (C=O) groups is 1. The molecule has 4 nitrogen and oxygen atoms in total. The first-order chi connectivity index (χ1) is 8.27. The zero-order valence-corrected chi connectivity index (χ0v) is 11.4. The van der Waals surface area contributed by atoms with Gasteiger partial charge in [0.05, 0.1) is 5.56 Å². The summed E-state index contributed by atoms with van der Waals surface area (Å²) >= 11 is 0. The molecule has 0 saturated heterocycles. The van der Waals surface area contributed by atoms with E-state index in [9.17, 15) is 4.79 Å². The summed E-state index contributed by atoms with van der Waals surface area (Å²) in [5, 5.41) is 8.93. The van der Waals surface area contributed by atoms with Gasteiger partial charge in [0.1, 0.15) is 5.82 Å². The molecule has 98 valence electrons. The maximum Gasteiger partial charge on any atom is 0.337 e. The predicted molar refractivity (Wildman–Crippen MR) is 73.2 cm³/mol. The van der Waals surface area contributed by atoms with E-state index in [4.69, 9.17) is 5.11 Å². The van der Waals surface area contributed by atoms with Crippen LogP contribution in [0.5, 0.6) is 0 Å². The van der Waals surface area contributed by atoms with Crippen molar-refractivity contribution in [3.63, 3.8) is 0 Å². The third kappa shape index (κ3) is 3.09. The molecule has 0 aliphatic heterocycles. The number of nitrogens with zero attached hydrogens (tertiary/aromatic N) is 2. The van der Waals surface area contributed by atoms with E-state index in [2.05, 4.69) is 37.2 Å². The summed E-state index contributed by atoms with van der Waals surface area (Å²) in [5.41, 5.74) is 0.965. The van der Waals surface area contributed by atoms with Crippen molar-refractivity contribution < 1.29 is 9.90 Å². The van der Waals surface area contributed by atoms with Gasteiger partial charge >= 0.3 is 5.97 Å². The molecule has 0 radical (unpaired) electrons. The summed E-state index contributed by atoms with van der Waals surface area (Å²) in [6, 6.07) is 1.65. The highest BCUT2D eigenvalue weighted by Gasteiger charge is 2.23. The summed E-state index contributed by atoms with van der Waals surface area (Å²) in [5.74, 6) is -0.157. The Balaban J connectivity index is 3.22. The molecule has 0 atom stereocenters. The fourth-order valence-electron chi connectivity index (χ4n) is 1.77. The lowest BCUT2D eigenvalue weighted by atomic mass is 10.0. The van der Waals surface area contributed by atoms with Crippen molar-refractivity contribution in [2.75, 3.05) is 11.4 Å². The summed E-state index contributed by atoms with van der Waals surface area (Å²) < 4.78 is 0. The lowest BCUT2D eigenvalue weighted by molar-refractivity contribution is 0.0696. The standard InChI is InChI=1S/C14H20N2O2/c1-6-7-16(14(3,4)5)12-10(2)8-11(9-15-12)13(17)18/h6,8-9H,1,7H2,2-5H3,(H,17,18). The van der Waals surface area contributed by atoms with Gasteiger partial charge in [0, 0.05) is 18.3 Å². The number of hydrogen-bond acceptors (Lipinski definition) is 3. The van der Waals surface area contributed by atoms with Crippen LogP contribution in [0, 0.1) is 6.92 Å². The predicted octanol–water partition coefficient (Wildman–Crippen LogP) is 2.88. The number of pyridine rings is 1. The summed E-state index contributed by atoms with van der Waals surface area (Å²) in [6.07, 6.45) is 3.21. The van der Waals surface area contributed by atoms with E-state index in [1.54, 1.807) is 6.07 Å². The Bertz CT molecular complexity index is 461. The number of aryl methyl sites for hydroxylation is 1. The van der Waals surface area contributed by atoms with Crippen molar-refractivity contribution in [1.29, 1.82) is 0 Å². The van der Waals surface area contributed by atoms with Crippen molar-refractivity contribution in [2.24, 2.45) is 0 Å². The van der Waals surface area contributed by atoms with Crippen LogP contribution in [0.15, 0.2) is 24.9 Å². The van der Waals surface area contributed by atoms with Crippen LogP contribution in [-0.2, 0) is 0 Å². The van der Waals surface area contributed by atoms with Crippen molar-refractivity contribution >= 4 is 11.8 Å². The van der Waals surface area contributed by atoms with Crippen molar-refractivity contribution in [3.05, 3.63) is 36.0 Å². The van der Waals surface area contributed by atoms with Gasteiger partial charge in [-0.3, -0.25) is 0 Å². The van der Waals surface area contributed by atoms with E-state index < -0.39 is 5.97 Å². The van der Waals surface area contributed by atoms with Crippen LogP contribution >= 0.6 is 0 Å². The third-order valence-corrected chi connectivity index (χ3v) is 2.67. The summed E-state index contributed by atoms with van der Waals surface area (Å²) in [6.45, 7) is 12.6.